The summed E-state index contributed by atoms with van der Waals surface area (Å²) in [7, 11) is 0. The van der Waals surface area contributed by atoms with Gasteiger partial charge in [0.25, 0.3) is 0 Å². The zero-order valence-electron chi connectivity index (χ0n) is 11.5. The van der Waals surface area contributed by atoms with Gasteiger partial charge in [0.1, 0.15) is 11.1 Å². The molecule has 0 aliphatic rings. The Kier molecular flexibility index (Phi) is 3.63. The first-order chi connectivity index (χ1) is 11.1. The number of phenolic OH excluding ortho intramolecular Hbond substituents is 10. The van der Waals surface area contributed by atoms with Gasteiger partial charge in [-0.15, -0.1) is 0 Å². The lowest BCUT2D eigenvalue weighted by atomic mass is 10.1. The largest absolute Gasteiger partial charge is 0.503 e. The van der Waals surface area contributed by atoms with Crippen LogP contribution in [0.25, 0.3) is 0 Å². The molecule has 2 aromatic rings. The van der Waals surface area contributed by atoms with Crippen LogP contribution >= 0.6 is 0 Å². The van der Waals surface area contributed by atoms with Crippen LogP contribution in [-0.4, -0.2) is 51.1 Å². The quantitative estimate of drug-likeness (QED) is 0.179. The molecule has 0 saturated carbocycles. The van der Waals surface area contributed by atoms with Crippen molar-refractivity contribution in [3.8, 4) is 69.3 Å². The Labute approximate surface area is 132 Å². The van der Waals surface area contributed by atoms with E-state index in [0.29, 0.717) is 0 Å². The average molecular weight is 338 g/mol. The molecule has 0 atom stereocenters. The highest BCUT2D eigenvalue weighted by Gasteiger charge is 2.24. The molecule has 0 unspecified atom stereocenters. The Morgan fingerprint density at radius 3 is 0.667 bits per heavy atom. The summed E-state index contributed by atoms with van der Waals surface area (Å²) in [5, 5.41) is 94.4. The van der Waals surface area contributed by atoms with E-state index in [2.05, 4.69) is 0 Å². The minimum atomic E-state index is -1.21. The molecule has 0 heterocycles. The Hall–Kier alpha value is -4.00. The summed E-state index contributed by atoms with van der Waals surface area (Å²) >= 11 is 0. The van der Waals surface area contributed by atoms with Crippen molar-refractivity contribution in [1.29, 1.82) is 0 Å². The smallest absolute Gasteiger partial charge is 0.208 e. The highest BCUT2D eigenvalue weighted by molar-refractivity contribution is 5.75. The molecular weight excluding hydrogens is 328 g/mol. The molecule has 24 heavy (non-hydrogen) atoms. The molecule has 0 fully saturated rings. The maximum Gasteiger partial charge on any atom is 0.208 e. The molecule has 0 radical (unpaired) electrons. The zero-order chi connectivity index (χ0) is 18.3. The van der Waals surface area contributed by atoms with Gasteiger partial charge in [0, 0.05) is 0 Å². The maximum atomic E-state index is 9.61. The molecule has 0 aromatic heterocycles. The highest BCUT2D eigenvalue weighted by Crippen LogP contribution is 2.52. The summed E-state index contributed by atoms with van der Waals surface area (Å²) in [5.41, 5.74) is -1.60. The van der Waals surface area contributed by atoms with Crippen molar-refractivity contribution in [2.24, 2.45) is 0 Å². The fourth-order valence-electron chi connectivity index (χ4n) is 1.73. The van der Waals surface area contributed by atoms with Gasteiger partial charge in [-0.1, -0.05) is 11.8 Å². The Balaban J connectivity index is 2.74. The van der Waals surface area contributed by atoms with Crippen LogP contribution in [0, 0.1) is 11.8 Å². The third kappa shape index (κ3) is 2.17. The lowest BCUT2D eigenvalue weighted by Crippen LogP contribution is -1.86. The van der Waals surface area contributed by atoms with Crippen LogP contribution in [0.5, 0.6) is 57.5 Å². The predicted molar refractivity (Wildman–Crippen MR) is 75.5 cm³/mol. The molecule has 0 aliphatic carbocycles. The van der Waals surface area contributed by atoms with Crippen LogP contribution in [0.15, 0.2) is 0 Å². The third-order valence-electron chi connectivity index (χ3n) is 3.05. The lowest BCUT2D eigenvalue weighted by molar-refractivity contribution is 0.327. The van der Waals surface area contributed by atoms with E-state index >= 15 is 0 Å². The SMILES string of the molecule is Oc1c(O)c(O)c(C#Cc2c(O)c(O)c(O)c(O)c2O)c(O)c1O. The number of phenols is 10. The summed E-state index contributed by atoms with van der Waals surface area (Å²) in [4.78, 5) is 0. The van der Waals surface area contributed by atoms with Crippen molar-refractivity contribution in [3.63, 3.8) is 0 Å². The van der Waals surface area contributed by atoms with E-state index in [1.807, 2.05) is 11.8 Å². The maximum absolute atomic E-state index is 9.61. The molecule has 10 N–H and O–H groups in total. The van der Waals surface area contributed by atoms with Crippen molar-refractivity contribution < 1.29 is 51.1 Å². The first-order valence-corrected chi connectivity index (χ1v) is 5.99. The molecular formula is C14H10O10. The lowest BCUT2D eigenvalue weighted by Gasteiger charge is -2.09. The Morgan fingerprint density at radius 1 is 0.292 bits per heavy atom. The van der Waals surface area contributed by atoms with Crippen LogP contribution in [0.4, 0.5) is 0 Å². The van der Waals surface area contributed by atoms with Gasteiger partial charge in [-0.2, -0.15) is 0 Å². The molecule has 10 heteroatoms. The summed E-state index contributed by atoms with van der Waals surface area (Å²) in [6.45, 7) is 0. The van der Waals surface area contributed by atoms with E-state index in [0.717, 1.165) is 0 Å². The zero-order valence-corrected chi connectivity index (χ0v) is 11.5. The van der Waals surface area contributed by atoms with Gasteiger partial charge in [0.15, 0.2) is 23.0 Å². The van der Waals surface area contributed by atoms with Gasteiger partial charge >= 0.3 is 0 Å². The van der Waals surface area contributed by atoms with Crippen molar-refractivity contribution in [3.05, 3.63) is 11.1 Å². The van der Waals surface area contributed by atoms with Gasteiger partial charge in [-0.25, -0.2) is 0 Å². The third-order valence-corrected chi connectivity index (χ3v) is 3.05. The molecule has 0 bridgehead atoms. The van der Waals surface area contributed by atoms with Crippen molar-refractivity contribution in [2.45, 2.75) is 0 Å². The summed E-state index contributed by atoms with van der Waals surface area (Å²) < 4.78 is 0. The van der Waals surface area contributed by atoms with Crippen LogP contribution in [0.3, 0.4) is 0 Å². The molecule has 10 nitrogen and oxygen atoms in total. The standard InChI is InChI=1S/C14H10O10/c15-5-3(6(16)10(20)13(23)9(5)19)1-2-4-7(17)11(21)14(24)12(22)8(4)18/h15-24H. The van der Waals surface area contributed by atoms with Crippen LogP contribution in [0.1, 0.15) is 11.1 Å². The fraction of sp³-hybridized carbons (Fsp3) is 0. The minimum Gasteiger partial charge on any atom is -0.503 e. The van der Waals surface area contributed by atoms with Gasteiger partial charge in [-0.3, -0.25) is 0 Å². The van der Waals surface area contributed by atoms with Crippen LogP contribution < -0.4 is 0 Å². The van der Waals surface area contributed by atoms with E-state index < -0.39 is 68.6 Å². The topological polar surface area (TPSA) is 202 Å². The number of hydrogen-bond donors (Lipinski definition) is 10. The van der Waals surface area contributed by atoms with Crippen molar-refractivity contribution in [1.82, 2.24) is 0 Å². The van der Waals surface area contributed by atoms with Crippen molar-refractivity contribution in [2.75, 3.05) is 0 Å². The number of hydrogen-bond acceptors (Lipinski definition) is 10. The van der Waals surface area contributed by atoms with E-state index in [9.17, 15) is 51.1 Å². The normalized spacial score (nSPS) is 10.2. The van der Waals surface area contributed by atoms with E-state index in [1.54, 1.807) is 0 Å². The van der Waals surface area contributed by atoms with Crippen LogP contribution in [-0.2, 0) is 0 Å². The number of rotatable bonds is 0. The average Bonchev–Trinajstić information content (AvgIpc) is 2.57. The Morgan fingerprint density at radius 2 is 0.458 bits per heavy atom. The van der Waals surface area contributed by atoms with Gasteiger partial charge < -0.3 is 51.1 Å². The van der Waals surface area contributed by atoms with Crippen LogP contribution in [0.2, 0.25) is 0 Å². The molecule has 126 valence electrons. The van der Waals surface area contributed by atoms with Gasteiger partial charge in [-0.05, 0) is 0 Å². The summed E-state index contributed by atoms with van der Waals surface area (Å²) in [6, 6.07) is 0. The first-order valence-electron chi connectivity index (χ1n) is 5.99. The van der Waals surface area contributed by atoms with E-state index in [4.69, 9.17) is 0 Å². The second-order valence-electron chi connectivity index (χ2n) is 4.49. The molecule has 0 amide bonds. The molecule has 0 spiro atoms. The Bertz CT molecular complexity index is 788. The molecule has 0 saturated heterocycles. The first kappa shape index (κ1) is 16.4. The van der Waals surface area contributed by atoms with E-state index in [-0.39, 0.29) is 0 Å². The number of benzene rings is 2. The second-order valence-corrected chi connectivity index (χ2v) is 4.49. The molecule has 0 aliphatic heterocycles. The van der Waals surface area contributed by atoms with Gasteiger partial charge in [0.05, 0.1) is 0 Å². The van der Waals surface area contributed by atoms with E-state index in [1.165, 1.54) is 0 Å². The fourth-order valence-corrected chi connectivity index (χ4v) is 1.73. The molecule has 2 rings (SSSR count). The second kappa shape index (κ2) is 5.33. The molecule has 2 aromatic carbocycles. The predicted octanol–water partition coefficient (Wildman–Crippen LogP) is 0.142. The number of aromatic hydroxyl groups is 10. The summed E-state index contributed by atoms with van der Waals surface area (Å²) in [6.07, 6.45) is 0. The van der Waals surface area contributed by atoms with Crippen molar-refractivity contribution >= 4 is 0 Å². The summed E-state index contributed by atoms with van der Waals surface area (Å²) in [5.74, 6) is -7.77. The highest BCUT2D eigenvalue weighted by atomic mass is 16.4. The monoisotopic (exact) mass is 338 g/mol. The van der Waals surface area contributed by atoms with Gasteiger partial charge in [0.2, 0.25) is 34.5 Å². The minimum absolute atomic E-state index is 0.798.